The van der Waals surface area contributed by atoms with Gasteiger partial charge in [0.25, 0.3) is 0 Å². The third-order valence-corrected chi connectivity index (χ3v) is 5.20. The summed E-state index contributed by atoms with van der Waals surface area (Å²) in [6, 6.07) is 2.00. The van der Waals surface area contributed by atoms with Gasteiger partial charge in [-0.15, -0.1) is 0 Å². The SMILES string of the molecule is CC(C)N1CCCCC1Cc1ncc2n1C(C)CCC2. The number of imidazole rings is 1. The Morgan fingerprint density at radius 3 is 2.90 bits per heavy atom. The quantitative estimate of drug-likeness (QED) is 0.840. The Balaban J connectivity index is 1.78. The molecule has 1 aromatic rings. The first kappa shape index (κ1) is 14.1. The molecule has 0 saturated carbocycles. The van der Waals surface area contributed by atoms with Crippen molar-refractivity contribution in [3.63, 3.8) is 0 Å². The molecule has 20 heavy (non-hydrogen) atoms. The highest BCUT2D eigenvalue weighted by molar-refractivity contribution is 5.11. The van der Waals surface area contributed by atoms with Crippen molar-refractivity contribution >= 4 is 0 Å². The Bertz CT molecular complexity index is 449. The van der Waals surface area contributed by atoms with Gasteiger partial charge in [0.1, 0.15) is 5.82 Å². The highest BCUT2D eigenvalue weighted by Crippen LogP contribution is 2.29. The van der Waals surface area contributed by atoms with E-state index in [0.29, 0.717) is 18.1 Å². The van der Waals surface area contributed by atoms with E-state index >= 15 is 0 Å². The van der Waals surface area contributed by atoms with E-state index in [0.717, 1.165) is 6.42 Å². The van der Waals surface area contributed by atoms with Crippen LogP contribution in [0.1, 0.15) is 70.4 Å². The number of aryl methyl sites for hydroxylation is 1. The predicted octanol–water partition coefficient (Wildman–Crippen LogP) is 3.59. The van der Waals surface area contributed by atoms with Crippen LogP contribution in [0, 0.1) is 0 Å². The second-order valence-corrected chi connectivity index (χ2v) is 6.96. The first-order chi connectivity index (χ1) is 9.66. The zero-order valence-corrected chi connectivity index (χ0v) is 13.3. The lowest BCUT2D eigenvalue weighted by Gasteiger charge is -2.39. The van der Waals surface area contributed by atoms with Gasteiger partial charge in [-0.05, 0) is 59.4 Å². The summed E-state index contributed by atoms with van der Waals surface area (Å²) < 4.78 is 2.54. The van der Waals surface area contributed by atoms with Crippen molar-refractivity contribution in [2.75, 3.05) is 6.54 Å². The lowest BCUT2D eigenvalue weighted by molar-refractivity contribution is 0.109. The summed E-state index contributed by atoms with van der Waals surface area (Å²) in [5.74, 6) is 1.34. The van der Waals surface area contributed by atoms with Crippen LogP contribution in [0.15, 0.2) is 6.20 Å². The second kappa shape index (κ2) is 5.88. The van der Waals surface area contributed by atoms with E-state index < -0.39 is 0 Å². The molecule has 1 aromatic heterocycles. The Morgan fingerprint density at radius 1 is 1.25 bits per heavy atom. The summed E-state index contributed by atoms with van der Waals surface area (Å²) in [6.07, 6.45) is 11.2. The van der Waals surface area contributed by atoms with Crippen LogP contribution < -0.4 is 0 Å². The van der Waals surface area contributed by atoms with Crippen LogP contribution in [-0.4, -0.2) is 33.1 Å². The Kier molecular flexibility index (Phi) is 4.16. The Hall–Kier alpha value is -0.830. The molecular weight excluding hydrogens is 246 g/mol. The van der Waals surface area contributed by atoms with Crippen molar-refractivity contribution in [1.29, 1.82) is 0 Å². The number of likely N-dealkylation sites (tertiary alicyclic amines) is 1. The summed E-state index contributed by atoms with van der Waals surface area (Å²) in [6.45, 7) is 8.30. The molecule has 3 nitrogen and oxygen atoms in total. The highest BCUT2D eigenvalue weighted by Gasteiger charge is 2.28. The van der Waals surface area contributed by atoms with E-state index in [1.165, 1.54) is 56.6 Å². The summed E-state index contributed by atoms with van der Waals surface area (Å²) in [7, 11) is 0. The van der Waals surface area contributed by atoms with Gasteiger partial charge in [-0.2, -0.15) is 0 Å². The minimum absolute atomic E-state index is 0.646. The average Bonchev–Trinajstić information content (AvgIpc) is 2.84. The number of fused-ring (bicyclic) bond motifs is 1. The predicted molar refractivity (Wildman–Crippen MR) is 83.1 cm³/mol. The third-order valence-electron chi connectivity index (χ3n) is 5.20. The fourth-order valence-electron chi connectivity index (χ4n) is 4.15. The normalized spacial score (nSPS) is 27.8. The molecular formula is C17H29N3. The first-order valence-corrected chi connectivity index (χ1v) is 8.47. The van der Waals surface area contributed by atoms with E-state index in [-0.39, 0.29) is 0 Å². The van der Waals surface area contributed by atoms with Crippen LogP contribution >= 0.6 is 0 Å². The topological polar surface area (TPSA) is 21.1 Å². The van der Waals surface area contributed by atoms with E-state index in [4.69, 9.17) is 4.98 Å². The van der Waals surface area contributed by atoms with E-state index in [9.17, 15) is 0 Å². The second-order valence-electron chi connectivity index (χ2n) is 6.96. The van der Waals surface area contributed by atoms with Crippen molar-refractivity contribution in [2.45, 2.75) is 83.8 Å². The van der Waals surface area contributed by atoms with Crippen LogP contribution in [0.2, 0.25) is 0 Å². The van der Waals surface area contributed by atoms with Gasteiger partial charge in [0, 0.05) is 36.4 Å². The van der Waals surface area contributed by atoms with Crippen LogP contribution in [0.5, 0.6) is 0 Å². The fraction of sp³-hybridized carbons (Fsp3) is 0.824. The molecule has 3 rings (SSSR count). The number of piperidine rings is 1. The minimum Gasteiger partial charge on any atom is -0.329 e. The fourth-order valence-corrected chi connectivity index (χ4v) is 4.15. The lowest BCUT2D eigenvalue weighted by Crippen LogP contribution is -2.45. The molecule has 0 aromatic carbocycles. The van der Waals surface area contributed by atoms with Gasteiger partial charge in [-0.1, -0.05) is 6.42 Å². The lowest BCUT2D eigenvalue weighted by atomic mass is 9.97. The molecule has 2 unspecified atom stereocenters. The third kappa shape index (κ3) is 2.65. The Labute approximate surface area is 123 Å². The molecule has 2 aliphatic rings. The molecule has 0 amide bonds. The number of hydrogen-bond acceptors (Lipinski definition) is 2. The van der Waals surface area contributed by atoms with Gasteiger partial charge in [-0.25, -0.2) is 4.98 Å². The molecule has 0 radical (unpaired) electrons. The minimum atomic E-state index is 0.646. The molecule has 0 aliphatic carbocycles. The van der Waals surface area contributed by atoms with Crippen LogP contribution in [0.3, 0.4) is 0 Å². The maximum Gasteiger partial charge on any atom is 0.110 e. The summed E-state index contributed by atoms with van der Waals surface area (Å²) >= 11 is 0. The molecule has 0 N–H and O–H groups in total. The molecule has 3 heterocycles. The summed E-state index contributed by atoms with van der Waals surface area (Å²) in [5, 5.41) is 0. The summed E-state index contributed by atoms with van der Waals surface area (Å²) in [5.41, 5.74) is 1.46. The molecule has 1 fully saturated rings. The zero-order chi connectivity index (χ0) is 14.1. The first-order valence-electron chi connectivity index (χ1n) is 8.47. The number of nitrogens with zero attached hydrogens (tertiary/aromatic N) is 3. The molecule has 3 heteroatoms. The van der Waals surface area contributed by atoms with Crippen molar-refractivity contribution < 1.29 is 0 Å². The average molecular weight is 275 g/mol. The Morgan fingerprint density at radius 2 is 2.10 bits per heavy atom. The van der Waals surface area contributed by atoms with Crippen molar-refractivity contribution in [3.05, 3.63) is 17.7 Å². The largest absolute Gasteiger partial charge is 0.329 e. The maximum atomic E-state index is 4.77. The number of aromatic nitrogens is 2. The molecule has 0 spiro atoms. The van der Waals surface area contributed by atoms with Gasteiger partial charge in [0.15, 0.2) is 0 Å². The maximum absolute atomic E-state index is 4.77. The summed E-state index contributed by atoms with van der Waals surface area (Å²) in [4.78, 5) is 7.47. The molecule has 0 bridgehead atoms. The van der Waals surface area contributed by atoms with Crippen molar-refractivity contribution in [1.82, 2.24) is 14.5 Å². The van der Waals surface area contributed by atoms with Gasteiger partial charge in [0.05, 0.1) is 0 Å². The molecule has 2 aliphatic heterocycles. The van der Waals surface area contributed by atoms with Gasteiger partial charge in [0.2, 0.25) is 0 Å². The standard InChI is InChI=1S/C17H29N3/c1-13(2)19-10-5-4-8-15(19)11-17-18-12-16-9-6-7-14(3)20(16)17/h12-15H,4-11H2,1-3H3. The van der Waals surface area contributed by atoms with Gasteiger partial charge >= 0.3 is 0 Å². The zero-order valence-electron chi connectivity index (χ0n) is 13.3. The van der Waals surface area contributed by atoms with Gasteiger partial charge in [-0.3, -0.25) is 4.90 Å². The number of rotatable bonds is 3. The molecule has 2 atom stereocenters. The van der Waals surface area contributed by atoms with Gasteiger partial charge < -0.3 is 4.57 Å². The van der Waals surface area contributed by atoms with Crippen LogP contribution in [0.25, 0.3) is 0 Å². The number of hydrogen-bond donors (Lipinski definition) is 0. The van der Waals surface area contributed by atoms with Crippen molar-refractivity contribution in [3.8, 4) is 0 Å². The molecule has 1 saturated heterocycles. The van der Waals surface area contributed by atoms with E-state index in [1.54, 1.807) is 0 Å². The van der Waals surface area contributed by atoms with Crippen LogP contribution in [0.4, 0.5) is 0 Å². The van der Waals surface area contributed by atoms with E-state index in [2.05, 4.69) is 36.4 Å². The highest BCUT2D eigenvalue weighted by atomic mass is 15.2. The smallest absolute Gasteiger partial charge is 0.110 e. The molecule has 112 valence electrons. The van der Waals surface area contributed by atoms with Crippen LogP contribution in [-0.2, 0) is 12.8 Å². The monoisotopic (exact) mass is 275 g/mol. The van der Waals surface area contributed by atoms with Crippen molar-refractivity contribution in [2.24, 2.45) is 0 Å². The van der Waals surface area contributed by atoms with E-state index in [1.807, 2.05) is 0 Å².